The van der Waals surface area contributed by atoms with E-state index < -0.39 is 0 Å². The zero-order chi connectivity index (χ0) is 13.1. The molecule has 0 saturated heterocycles. The van der Waals surface area contributed by atoms with Crippen LogP contribution in [0.15, 0.2) is 34.7 Å². The lowest BCUT2D eigenvalue weighted by Gasteiger charge is -2.11. The molecule has 1 aliphatic rings. The van der Waals surface area contributed by atoms with E-state index in [1.54, 1.807) is 0 Å². The predicted molar refractivity (Wildman–Crippen MR) is 76.9 cm³/mol. The molecule has 1 saturated carbocycles. The fourth-order valence-electron chi connectivity index (χ4n) is 2.01. The van der Waals surface area contributed by atoms with Crippen molar-refractivity contribution >= 4 is 11.8 Å². The minimum Gasteiger partial charge on any atom is -0.419 e. The Bertz CT molecular complexity index is 537. The molecule has 0 unspecified atom stereocenters. The fraction of sp³-hybridized carbons (Fsp3) is 0.429. The largest absolute Gasteiger partial charge is 0.419 e. The second kappa shape index (κ2) is 5.35. The lowest BCUT2D eigenvalue weighted by molar-refractivity contribution is 0.476. The maximum atomic E-state index is 5.65. The number of nitrogens with one attached hydrogen (secondary N) is 1. The maximum Gasteiger partial charge on any atom is 0.247 e. The molecule has 3 rings (SSSR count). The van der Waals surface area contributed by atoms with Gasteiger partial charge >= 0.3 is 0 Å². The van der Waals surface area contributed by atoms with Gasteiger partial charge in [0, 0.05) is 16.9 Å². The van der Waals surface area contributed by atoms with Crippen molar-refractivity contribution in [3.63, 3.8) is 0 Å². The summed E-state index contributed by atoms with van der Waals surface area (Å²) in [6.45, 7) is 1.65. The van der Waals surface area contributed by atoms with Crippen LogP contribution in [0.3, 0.4) is 0 Å². The monoisotopic (exact) mass is 275 g/mol. The number of nitrogens with zero attached hydrogens (tertiary/aromatic N) is 2. The third-order valence-electron chi connectivity index (χ3n) is 3.45. The summed E-state index contributed by atoms with van der Waals surface area (Å²) in [5.74, 6) is 1.24. The molecule has 0 atom stereocenters. The van der Waals surface area contributed by atoms with E-state index in [-0.39, 0.29) is 0 Å². The van der Waals surface area contributed by atoms with E-state index in [1.807, 2.05) is 42.1 Å². The first kappa shape index (κ1) is 12.7. The van der Waals surface area contributed by atoms with Crippen LogP contribution in [0.2, 0.25) is 0 Å². The Morgan fingerprint density at radius 1 is 1.26 bits per heavy atom. The van der Waals surface area contributed by atoms with Crippen LogP contribution in [-0.4, -0.2) is 27.7 Å². The van der Waals surface area contributed by atoms with Gasteiger partial charge in [-0.15, -0.1) is 10.2 Å². The molecule has 0 aliphatic heterocycles. The van der Waals surface area contributed by atoms with Crippen LogP contribution >= 0.6 is 11.8 Å². The smallest absolute Gasteiger partial charge is 0.247 e. The molecule has 0 radical (unpaired) electrons. The van der Waals surface area contributed by atoms with Gasteiger partial charge in [-0.25, -0.2) is 0 Å². The zero-order valence-electron chi connectivity index (χ0n) is 10.9. The number of thioether (sulfide) groups is 1. The predicted octanol–water partition coefficient (Wildman–Crippen LogP) is 2.72. The lowest BCUT2D eigenvalue weighted by Crippen LogP contribution is -2.25. The third-order valence-corrected chi connectivity index (χ3v) is 4.87. The first-order chi connectivity index (χ1) is 9.31. The van der Waals surface area contributed by atoms with Gasteiger partial charge in [0.25, 0.3) is 0 Å². The van der Waals surface area contributed by atoms with Crippen molar-refractivity contribution in [3.05, 3.63) is 36.2 Å². The molecule has 19 heavy (non-hydrogen) atoms. The van der Waals surface area contributed by atoms with Crippen LogP contribution in [-0.2, 0) is 6.54 Å². The van der Waals surface area contributed by atoms with Crippen molar-refractivity contribution in [1.82, 2.24) is 15.5 Å². The summed E-state index contributed by atoms with van der Waals surface area (Å²) in [4.78, 5) is 0. The van der Waals surface area contributed by atoms with Gasteiger partial charge in [-0.2, -0.15) is 11.8 Å². The fourth-order valence-corrected chi connectivity index (χ4v) is 2.77. The second-order valence-electron chi connectivity index (χ2n) is 4.86. The van der Waals surface area contributed by atoms with Crippen LogP contribution in [0.25, 0.3) is 11.5 Å². The van der Waals surface area contributed by atoms with Crippen LogP contribution < -0.4 is 5.32 Å². The number of hydrogen-bond donors (Lipinski definition) is 1. The summed E-state index contributed by atoms with van der Waals surface area (Å²) in [5.41, 5.74) is 0.962. The molecule has 1 aromatic heterocycles. The molecule has 0 spiro atoms. The van der Waals surface area contributed by atoms with Gasteiger partial charge in [0.1, 0.15) is 0 Å². The zero-order valence-corrected chi connectivity index (χ0v) is 11.7. The summed E-state index contributed by atoms with van der Waals surface area (Å²) in [5, 5.41) is 11.6. The van der Waals surface area contributed by atoms with Crippen molar-refractivity contribution in [3.8, 4) is 11.5 Å². The summed E-state index contributed by atoms with van der Waals surface area (Å²) in [7, 11) is 0. The normalized spacial score (nSPS) is 16.5. The Kier molecular flexibility index (Phi) is 3.57. The van der Waals surface area contributed by atoms with Gasteiger partial charge < -0.3 is 9.73 Å². The number of aromatic nitrogens is 2. The molecule has 0 bridgehead atoms. The molecule has 0 amide bonds. The van der Waals surface area contributed by atoms with Crippen LogP contribution in [0, 0.1) is 0 Å². The van der Waals surface area contributed by atoms with Gasteiger partial charge in [0.05, 0.1) is 6.54 Å². The SMILES string of the molecule is CSC1(CNCc2nnc(-c3ccccc3)o2)CC1. The first-order valence-electron chi connectivity index (χ1n) is 6.45. The Morgan fingerprint density at radius 2 is 2.05 bits per heavy atom. The standard InChI is InChI=1S/C14H17N3OS/c1-19-14(7-8-14)10-15-9-12-16-17-13(18-12)11-5-3-2-4-6-11/h2-6,15H,7-10H2,1H3. The summed E-state index contributed by atoms with van der Waals surface area (Å²) in [6, 6.07) is 9.84. The van der Waals surface area contributed by atoms with E-state index in [9.17, 15) is 0 Å². The summed E-state index contributed by atoms with van der Waals surface area (Å²) in [6.07, 6.45) is 4.79. The molecular weight excluding hydrogens is 258 g/mol. The lowest BCUT2D eigenvalue weighted by atomic mass is 10.2. The Morgan fingerprint density at radius 3 is 2.74 bits per heavy atom. The molecular formula is C14H17N3OS. The van der Waals surface area contributed by atoms with E-state index in [2.05, 4.69) is 21.8 Å². The Hall–Kier alpha value is -1.33. The molecule has 1 N–H and O–H groups in total. The highest BCUT2D eigenvalue weighted by atomic mass is 32.2. The molecule has 4 nitrogen and oxygen atoms in total. The van der Waals surface area contributed by atoms with Gasteiger partial charge in [-0.1, -0.05) is 18.2 Å². The average molecular weight is 275 g/mol. The molecule has 5 heteroatoms. The van der Waals surface area contributed by atoms with E-state index in [0.29, 0.717) is 23.1 Å². The third kappa shape index (κ3) is 2.98. The Balaban J connectivity index is 1.57. The summed E-state index contributed by atoms with van der Waals surface area (Å²) < 4.78 is 6.11. The molecule has 1 fully saturated rings. The van der Waals surface area contributed by atoms with Crippen LogP contribution in [0.5, 0.6) is 0 Å². The van der Waals surface area contributed by atoms with E-state index >= 15 is 0 Å². The van der Waals surface area contributed by atoms with Crippen molar-refractivity contribution in [2.45, 2.75) is 24.1 Å². The van der Waals surface area contributed by atoms with Crippen molar-refractivity contribution < 1.29 is 4.42 Å². The molecule has 1 aromatic carbocycles. The van der Waals surface area contributed by atoms with Crippen molar-refractivity contribution in [2.24, 2.45) is 0 Å². The quantitative estimate of drug-likeness (QED) is 0.878. The first-order valence-corrected chi connectivity index (χ1v) is 7.67. The highest BCUT2D eigenvalue weighted by molar-refractivity contribution is 8.00. The van der Waals surface area contributed by atoms with Crippen molar-refractivity contribution in [2.75, 3.05) is 12.8 Å². The number of benzene rings is 1. The molecule has 100 valence electrons. The maximum absolute atomic E-state index is 5.65. The van der Waals surface area contributed by atoms with E-state index in [4.69, 9.17) is 4.42 Å². The molecule has 1 aliphatic carbocycles. The summed E-state index contributed by atoms with van der Waals surface area (Å²) >= 11 is 1.95. The average Bonchev–Trinajstić information content (AvgIpc) is 3.09. The van der Waals surface area contributed by atoms with Gasteiger partial charge in [-0.05, 0) is 31.2 Å². The highest BCUT2D eigenvalue weighted by Gasteiger charge is 2.41. The topological polar surface area (TPSA) is 51.0 Å². The minimum absolute atomic E-state index is 0.461. The van der Waals surface area contributed by atoms with Crippen molar-refractivity contribution in [1.29, 1.82) is 0 Å². The number of rotatable bonds is 6. The van der Waals surface area contributed by atoms with Crippen LogP contribution in [0.4, 0.5) is 0 Å². The molecule has 1 heterocycles. The van der Waals surface area contributed by atoms with E-state index in [0.717, 1.165) is 12.1 Å². The number of hydrogen-bond acceptors (Lipinski definition) is 5. The van der Waals surface area contributed by atoms with Gasteiger partial charge in [-0.3, -0.25) is 0 Å². The van der Waals surface area contributed by atoms with E-state index in [1.165, 1.54) is 12.8 Å². The van der Waals surface area contributed by atoms with Gasteiger partial charge in [0.2, 0.25) is 11.8 Å². The minimum atomic E-state index is 0.461. The Labute approximate surface area is 117 Å². The van der Waals surface area contributed by atoms with Gasteiger partial charge in [0.15, 0.2) is 0 Å². The molecule has 2 aromatic rings. The highest BCUT2D eigenvalue weighted by Crippen LogP contribution is 2.46. The van der Waals surface area contributed by atoms with Crippen LogP contribution in [0.1, 0.15) is 18.7 Å². The second-order valence-corrected chi connectivity index (χ2v) is 6.13.